The molecule has 86 valence electrons. The number of hydrogen-bond donors (Lipinski definition) is 2. The van der Waals surface area contributed by atoms with E-state index < -0.39 is 0 Å². The Morgan fingerprint density at radius 3 is 3.12 bits per heavy atom. The van der Waals surface area contributed by atoms with E-state index in [0.717, 1.165) is 17.4 Å². The molecule has 0 aliphatic carbocycles. The average molecular weight is 284 g/mol. The smallest absolute Gasteiger partial charge is 0.230 e. The van der Waals surface area contributed by atoms with Crippen molar-refractivity contribution in [2.75, 3.05) is 11.9 Å². The normalized spacial score (nSPS) is 24.4. The zero-order valence-corrected chi connectivity index (χ0v) is 10.6. The molecule has 1 amide bonds. The minimum absolute atomic E-state index is 0.0360. The summed E-state index contributed by atoms with van der Waals surface area (Å²) in [5.74, 6) is 0.664. The third-order valence-corrected chi connectivity index (χ3v) is 3.50. The van der Waals surface area contributed by atoms with Crippen molar-refractivity contribution in [1.29, 1.82) is 0 Å². The Kier molecular flexibility index (Phi) is 3.56. The Balaban J connectivity index is 2.05. The molecule has 1 aromatic heterocycles. The average Bonchev–Trinajstić information content (AvgIpc) is 2.68. The van der Waals surface area contributed by atoms with Crippen LogP contribution >= 0.6 is 15.9 Å². The van der Waals surface area contributed by atoms with E-state index >= 15 is 0 Å². The first-order chi connectivity index (χ1) is 7.68. The zero-order chi connectivity index (χ0) is 11.5. The number of pyridine rings is 1. The number of carbonyl (C=O) groups excluding carboxylic acids is 1. The first kappa shape index (κ1) is 11.5. The van der Waals surface area contributed by atoms with Gasteiger partial charge in [-0.05, 0) is 48.0 Å². The molecule has 0 bridgehead atoms. The van der Waals surface area contributed by atoms with Crippen molar-refractivity contribution < 1.29 is 4.79 Å². The first-order valence-corrected chi connectivity index (χ1v) is 6.12. The van der Waals surface area contributed by atoms with Gasteiger partial charge in [0.1, 0.15) is 5.82 Å². The van der Waals surface area contributed by atoms with Gasteiger partial charge in [0.15, 0.2) is 0 Å². The van der Waals surface area contributed by atoms with Crippen molar-refractivity contribution in [3.05, 3.63) is 22.8 Å². The Labute approximate surface area is 103 Å². The molecule has 5 heteroatoms. The van der Waals surface area contributed by atoms with Gasteiger partial charge >= 0.3 is 0 Å². The molecule has 16 heavy (non-hydrogen) atoms. The summed E-state index contributed by atoms with van der Waals surface area (Å²) >= 11 is 3.36. The fraction of sp³-hybridized carbons (Fsp3) is 0.455. The fourth-order valence-corrected chi connectivity index (χ4v) is 2.26. The van der Waals surface area contributed by atoms with Crippen molar-refractivity contribution in [3.8, 4) is 0 Å². The molecule has 2 unspecified atom stereocenters. The molecule has 0 saturated carbocycles. The van der Waals surface area contributed by atoms with E-state index in [4.69, 9.17) is 0 Å². The fourth-order valence-electron chi connectivity index (χ4n) is 1.90. The second-order valence-corrected chi connectivity index (χ2v) is 4.82. The van der Waals surface area contributed by atoms with Crippen LogP contribution in [0.4, 0.5) is 5.82 Å². The van der Waals surface area contributed by atoms with Crippen LogP contribution in [-0.2, 0) is 4.79 Å². The number of hydrogen-bond acceptors (Lipinski definition) is 3. The summed E-state index contributed by atoms with van der Waals surface area (Å²) in [5, 5.41) is 6.10. The lowest BCUT2D eigenvalue weighted by molar-refractivity contribution is -0.120. The van der Waals surface area contributed by atoms with E-state index in [0.29, 0.717) is 5.82 Å². The molecule has 1 aromatic rings. The van der Waals surface area contributed by atoms with Gasteiger partial charge in [-0.2, -0.15) is 0 Å². The Morgan fingerprint density at radius 2 is 2.50 bits per heavy atom. The van der Waals surface area contributed by atoms with Crippen molar-refractivity contribution >= 4 is 27.7 Å². The highest BCUT2D eigenvalue weighted by molar-refractivity contribution is 9.10. The second kappa shape index (κ2) is 4.93. The van der Waals surface area contributed by atoms with E-state index in [1.54, 1.807) is 6.20 Å². The molecule has 0 radical (unpaired) electrons. The van der Waals surface area contributed by atoms with Gasteiger partial charge in [-0.25, -0.2) is 4.98 Å². The molecule has 4 nitrogen and oxygen atoms in total. The van der Waals surface area contributed by atoms with Gasteiger partial charge in [-0.3, -0.25) is 4.79 Å². The van der Waals surface area contributed by atoms with Crippen LogP contribution in [0.5, 0.6) is 0 Å². The molecule has 2 rings (SSSR count). The van der Waals surface area contributed by atoms with E-state index in [1.807, 2.05) is 19.1 Å². The van der Waals surface area contributed by atoms with E-state index in [9.17, 15) is 4.79 Å². The second-order valence-electron chi connectivity index (χ2n) is 3.96. The highest BCUT2D eigenvalue weighted by Crippen LogP contribution is 2.21. The van der Waals surface area contributed by atoms with Gasteiger partial charge in [0, 0.05) is 12.2 Å². The molecule has 2 heterocycles. The topological polar surface area (TPSA) is 54.0 Å². The van der Waals surface area contributed by atoms with Crippen molar-refractivity contribution in [3.63, 3.8) is 0 Å². The standard InChI is InChI=1S/C11H14BrN3O/c1-7-8(4-6-13-7)11(16)15-10-9(12)3-2-5-14-10/h2-3,5,7-8,13H,4,6H2,1H3,(H,14,15,16). The number of amides is 1. The molecule has 2 N–H and O–H groups in total. The van der Waals surface area contributed by atoms with Gasteiger partial charge in [0.05, 0.1) is 10.4 Å². The lowest BCUT2D eigenvalue weighted by atomic mass is 10.0. The van der Waals surface area contributed by atoms with Gasteiger partial charge in [-0.15, -0.1) is 0 Å². The molecule has 2 atom stereocenters. The number of nitrogens with zero attached hydrogens (tertiary/aromatic N) is 1. The summed E-state index contributed by atoms with van der Waals surface area (Å²) in [6.07, 6.45) is 2.55. The molecule has 1 fully saturated rings. The van der Waals surface area contributed by atoms with Crippen LogP contribution < -0.4 is 10.6 Å². The zero-order valence-electron chi connectivity index (χ0n) is 9.03. The molecule has 0 spiro atoms. The molecular formula is C11H14BrN3O. The highest BCUT2D eigenvalue weighted by Gasteiger charge is 2.29. The highest BCUT2D eigenvalue weighted by atomic mass is 79.9. The lowest BCUT2D eigenvalue weighted by Crippen LogP contribution is -2.32. The summed E-state index contributed by atoms with van der Waals surface area (Å²) in [5.41, 5.74) is 0. The molecule has 1 aliphatic heterocycles. The molecule has 1 aliphatic rings. The minimum Gasteiger partial charge on any atom is -0.313 e. The number of rotatable bonds is 2. The van der Waals surface area contributed by atoms with Gasteiger partial charge in [-0.1, -0.05) is 0 Å². The van der Waals surface area contributed by atoms with E-state index in [-0.39, 0.29) is 17.9 Å². The molecular weight excluding hydrogens is 270 g/mol. The van der Waals surface area contributed by atoms with Gasteiger partial charge < -0.3 is 10.6 Å². The van der Waals surface area contributed by atoms with Crippen LogP contribution in [0.2, 0.25) is 0 Å². The first-order valence-electron chi connectivity index (χ1n) is 5.33. The van der Waals surface area contributed by atoms with Crippen molar-refractivity contribution in [2.45, 2.75) is 19.4 Å². The maximum atomic E-state index is 12.0. The predicted molar refractivity (Wildman–Crippen MR) is 66.1 cm³/mol. The molecule has 1 saturated heterocycles. The predicted octanol–water partition coefficient (Wildman–Crippen LogP) is 1.78. The number of halogens is 1. The number of carbonyl (C=O) groups is 1. The van der Waals surface area contributed by atoms with Crippen molar-refractivity contribution in [1.82, 2.24) is 10.3 Å². The third-order valence-electron chi connectivity index (χ3n) is 2.86. The Hall–Kier alpha value is -0.940. The van der Waals surface area contributed by atoms with Crippen LogP contribution in [0.3, 0.4) is 0 Å². The monoisotopic (exact) mass is 283 g/mol. The Bertz CT molecular complexity index is 397. The van der Waals surface area contributed by atoms with Crippen LogP contribution in [-0.4, -0.2) is 23.5 Å². The van der Waals surface area contributed by atoms with E-state index in [2.05, 4.69) is 31.5 Å². The van der Waals surface area contributed by atoms with E-state index in [1.165, 1.54) is 0 Å². The summed E-state index contributed by atoms with van der Waals surface area (Å²) in [6.45, 7) is 2.94. The lowest BCUT2D eigenvalue weighted by Gasteiger charge is -2.14. The minimum atomic E-state index is 0.0360. The van der Waals surface area contributed by atoms with Crippen molar-refractivity contribution in [2.24, 2.45) is 5.92 Å². The maximum Gasteiger partial charge on any atom is 0.230 e. The van der Waals surface area contributed by atoms with Crippen LogP contribution in [0, 0.1) is 5.92 Å². The quantitative estimate of drug-likeness (QED) is 0.870. The summed E-state index contributed by atoms with van der Waals surface area (Å²) in [4.78, 5) is 16.1. The van der Waals surface area contributed by atoms with Crippen LogP contribution in [0.1, 0.15) is 13.3 Å². The third kappa shape index (κ3) is 2.41. The number of nitrogens with one attached hydrogen (secondary N) is 2. The van der Waals surface area contributed by atoms with Crippen LogP contribution in [0.15, 0.2) is 22.8 Å². The maximum absolute atomic E-state index is 12.0. The number of anilines is 1. The summed E-state index contributed by atoms with van der Waals surface area (Å²) in [6, 6.07) is 3.92. The number of aromatic nitrogens is 1. The largest absolute Gasteiger partial charge is 0.313 e. The summed E-state index contributed by atoms with van der Waals surface area (Å²) in [7, 11) is 0. The SMILES string of the molecule is CC1NCCC1C(=O)Nc1ncccc1Br. The molecule has 0 aromatic carbocycles. The van der Waals surface area contributed by atoms with Gasteiger partial charge in [0.2, 0.25) is 5.91 Å². The van der Waals surface area contributed by atoms with Crippen LogP contribution in [0.25, 0.3) is 0 Å². The Morgan fingerprint density at radius 1 is 1.69 bits per heavy atom. The van der Waals surface area contributed by atoms with Gasteiger partial charge in [0.25, 0.3) is 0 Å². The summed E-state index contributed by atoms with van der Waals surface area (Å²) < 4.78 is 0.807.